The lowest BCUT2D eigenvalue weighted by molar-refractivity contribution is 0.651. The summed E-state index contributed by atoms with van der Waals surface area (Å²) in [5.41, 5.74) is 4.14. The molecule has 0 radical (unpaired) electrons. The number of H-pyrrole nitrogens is 1. The molecular weight excluding hydrogens is 240 g/mol. The van der Waals surface area contributed by atoms with Crippen molar-refractivity contribution in [3.05, 3.63) is 57.6 Å². The minimum atomic E-state index is 0.418. The number of aromatic amines is 1. The van der Waals surface area contributed by atoms with Gasteiger partial charge < -0.3 is 4.98 Å². The highest BCUT2D eigenvalue weighted by atomic mass is 32.1. The van der Waals surface area contributed by atoms with Crippen molar-refractivity contribution in [2.24, 2.45) is 0 Å². The van der Waals surface area contributed by atoms with Crippen LogP contribution in [0.1, 0.15) is 47.3 Å². The van der Waals surface area contributed by atoms with E-state index in [2.05, 4.69) is 34.2 Å². The molecule has 0 saturated heterocycles. The normalized spacial score (nSPS) is 21.2. The summed E-state index contributed by atoms with van der Waals surface area (Å²) >= 11 is 5.29. The molecule has 1 aromatic heterocycles. The molecule has 2 aromatic rings. The maximum absolute atomic E-state index is 5.29. The Morgan fingerprint density at radius 1 is 1.22 bits per heavy atom. The second kappa shape index (κ2) is 3.75. The van der Waals surface area contributed by atoms with Crippen molar-refractivity contribution in [1.82, 2.24) is 9.97 Å². The van der Waals surface area contributed by atoms with Crippen LogP contribution in [0.15, 0.2) is 30.3 Å². The van der Waals surface area contributed by atoms with Gasteiger partial charge in [-0.05, 0) is 42.4 Å². The first-order valence-electron chi connectivity index (χ1n) is 6.50. The number of hydrogen-bond donors (Lipinski definition) is 1. The Bertz CT molecular complexity index is 670. The van der Waals surface area contributed by atoms with Gasteiger partial charge in [-0.15, -0.1) is 0 Å². The lowest BCUT2D eigenvalue weighted by Crippen LogP contribution is -2.20. The largest absolute Gasteiger partial charge is 0.346 e. The van der Waals surface area contributed by atoms with Gasteiger partial charge in [-0.1, -0.05) is 36.5 Å². The van der Waals surface area contributed by atoms with Crippen LogP contribution in [0.2, 0.25) is 0 Å². The number of fused-ring (bicyclic) bond motifs is 1. The van der Waals surface area contributed by atoms with E-state index < -0.39 is 0 Å². The van der Waals surface area contributed by atoms with Gasteiger partial charge in [-0.25, -0.2) is 4.98 Å². The van der Waals surface area contributed by atoms with E-state index in [0.29, 0.717) is 11.8 Å². The molecule has 3 heteroatoms. The molecule has 0 bridgehead atoms. The zero-order chi connectivity index (χ0) is 12.1. The molecule has 90 valence electrons. The van der Waals surface area contributed by atoms with E-state index in [9.17, 15) is 0 Å². The van der Waals surface area contributed by atoms with E-state index in [1.54, 1.807) is 0 Å². The van der Waals surface area contributed by atoms with E-state index >= 15 is 0 Å². The molecule has 18 heavy (non-hydrogen) atoms. The fourth-order valence-electron chi connectivity index (χ4n) is 2.78. The van der Waals surface area contributed by atoms with Crippen LogP contribution in [0.3, 0.4) is 0 Å². The SMILES string of the molecule is S=c1cc(C2CC2)[nH]c(C2Cc3ccccc32)n1. The Kier molecular flexibility index (Phi) is 2.18. The summed E-state index contributed by atoms with van der Waals surface area (Å²) in [6, 6.07) is 10.6. The molecular formula is C15H14N2S. The zero-order valence-corrected chi connectivity index (χ0v) is 10.8. The molecule has 1 unspecified atom stereocenters. The molecule has 2 aliphatic carbocycles. The van der Waals surface area contributed by atoms with E-state index in [4.69, 9.17) is 12.2 Å². The Morgan fingerprint density at radius 2 is 2.06 bits per heavy atom. The fourth-order valence-corrected chi connectivity index (χ4v) is 3.00. The predicted octanol–water partition coefficient (Wildman–Crippen LogP) is 3.70. The Hall–Kier alpha value is -1.48. The summed E-state index contributed by atoms with van der Waals surface area (Å²) in [4.78, 5) is 8.04. The van der Waals surface area contributed by atoms with Crippen LogP contribution in [0.5, 0.6) is 0 Å². The summed E-state index contributed by atoms with van der Waals surface area (Å²) in [6.07, 6.45) is 3.66. The number of hydrogen-bond acceptors (Lipinski definition) is 2. The van der Waals surface area contributed by atoms with Crippen LogP contribution in [-0.2, 0) is 6.42 Å². The average Bonchev–Trinajstić information content (AvgIpc) is 3.14. The van der Waals surface area contributed by atoms with E-state index in [1.807, 2.05) is 6.07 Å². The van der Waals surface area contributed by atoms with Crippen LogP contribution in [0.25, 0.3) is 0 Å². The molecule has 0 amide bonds. The Labute approximate surface area is 111 Å². The molecule has 1 saturated carbocycles. The van der Waals surface area contributed by atoms with Gasteiger partial charge in [-0.2, -0.15) is 0 Å². The highest BCUT2D eigenvalue weighted by Gasteiger charge is 2.30. The smallest absolute Gasteiger partial charge is 0.130 e. The summed E-state index contributed by atoms with van der Waals surface area (Å²) < 4.78 is 0.732. The average molecular weight is 254 g/mol. The fraction of sp³-hybridized carbons (Fsp3) is 0.333. The first kappa shape index (κ1) is 10.4. The minimum absolute atomic E-state index is 0.418. The van der Waals surface area contributed by atoms with Crippen molar-refractivity contribution in [2.75, 3.05) is 0 Å². The highest BCUT2D eigenvalue weighted by molar-refractivity contribution is 7.71. The topological polar surface area (TPSA) is 28.7 Å². The Morgan fingerprint density at radius 3 is 2.83 bits per heavy atom. The van der Waals surface area contributed by atoms with Gasteiger partial charge in [0.2, 0.25) is 0 Å². The third kappa shape index (κ3) is 1.62. The lowest BCUT2D eigenvalue weighted by atomic mass is 9.77. The highest BCUT2D eigenvalue weighted by Crippen LogP contribution is 2.41. The quantitative estimate of drug-likeness (QED) is 0.828. The van der Waals surface area contributed by atoms with Crippen LogP contribution < -0.4 is 0 Å². The van der Waals surface area contributed by atoms with Crippen LogP contribution in [0.4, 0.5) is 0 Å². The Balaban J connectivity index is 1.76. The van der Waals surface area contributed by atoms with Crippen molar-refractivity contribution in [1.29, 1.82) is 0 Å². The summed E-state index contributed by atoms with van der Waals surface area (Å²) in [7, 11) is 0. The van der Waals surface area contributed by atoms with Crippen LogP contribution in [-0.4, -0.2) is 9.97 Å². The third-order valence-electron chi connectivity index (χ3n) is 3.98. The molecule has 4 rings (SSSR count). The van der Waals surface area contributed by atoms with E-state index in [1.165, 1.54) is 29.7 Å². The van der Waals surface area contributed by atoms with E-state index in [-0.39, 0.29) is 0 Å². The number of aromatic nitrogens is 2. The van der Waals surface area contributed by atoms with Gasteiger partial charge in [-0.3, -0.25) is 0 Å². The van der Waals surface area contributed by atoms with Gasteiger partial charge in [0.25, 0.3) is 0 Å². The van der Waals surface area contributed by atoms with Crippen LogP contribution in [0, 0.1) is 4.64 Å². The molecule has 2 aliphatic rings. The van der Waals surface area contributed by atoms with Crippen molar-refractivity contribution in [2.45, 2.75) is 31.1 Å². The summed E-state index contributed by atoms with van der Waals surface area (Å²) in [6.45, 7) is 0. The zero-order valence-electron chi connectivity index (χ0n) is 10.0. The van der Waals surface area contributed by atoms with E-state index in [0.717, 1.165) is 16.9 Å². The molecule has 1 fully saturated rings. The molecule has 1 N–H and O–H groups in total. The standard InChI is InChI=1S/C15H14N2S/c18-14-8-13(9-5-6-9)16-15(17-14)12-7-10-3-1-2-4-11(10)12/h1-4,8-9,12H,5-7H2,(H,16,17,18). The maximum Gasteiger partial charge on any atom is 0.130 e. The van der Waals surface area contributed by atoms with Crippen LogP contribution >= 0.6 is 12.2 Å². The van der Waals surface area contributed by atoms with Gasteiger partial charge in [0.15, 0.2) is 0 Å². The predicted molar refractivity (Wildman–Crippen MR) is 73.4 cm³/mol. The molecule has 0 aliphatic heterocycles. The molecule has 0 spiro atoms. The van der Waals surface area contributed by atoms with Gasteiger partial charge in [0, 0.05) is 11.6 Å². The number of benzene rings is 1. The molecule has 1 atom stereocenters. The minimum Gasteiger partial charge on any atom is -0.346 e. The van der Waals surface area contributed by atoms with Gasteiger partial charge in [0.1, 0.15) is 10.5 Å². The lowest BCUT2D eigenvalue weighted by Gasteiger charge is -2.29. The molecule has 1 heterocycles. The van der Waals surface area contributed by atoms with Crippen molar-refractivity contribution in [3.63, 3.8) is 0 Å². The number of nitrogens with zero attached hydrogens (tertiary/aromatic N) is 1. The van der Waals surface area contributed by atoms with Gasteiger partial charge in [0.05, 0.1) is 0 Å². The third-order valence-corrected chi connectivity index (χ3v) is 4.19. The number of rotatable bonds is 2. The number of nitrogens with one attached hydrogen (secondary N) is 1. The molecule has 2 nitrogen and oxygen atoms in total. The monoisotopic (exact) mass is 254 g/mol. The first-order chi connectivity index (χ1) is 8.81. The second-order valence-corrected chi connectivity index (χ2v) is 5.71. The second-order valence-electron chi connectivity index (χ2n) is 5.29. The summed E-state index contributed by atoms with van der Waals surface area (Å²) in [5.74, 6) is 2.17. The summed E-state index contributed by atoms with van der Waals surface area (Å²) in [5, 5.41) is 0. The van der Waals surface area contributed by atoms with Crippen molar-refractivity contribution >= 4 is 12.2 Å². The van der Waals surface area contributed by atoms with Crippen molar-refractivity contribution in [3.8, 4) is 0 Å². The first-order valence-corrected chi connectivity index (χ1v) is 6.91. The van der Waals surface area contributed by atoms with Crippen molar-refractivity contribution < 1.29 is 0 Å². The van der Waals surface area contributed by atoms with Gasteiger partial charge >= 0.3 is 0 Å². The maximum atomic E-state index is 5.29. The molecule has 1 aromatic carbocycles.